The molecule has 0 radical (unpaired) electrons. The highest BCUT2D eigenvalue weighted by molar-refractivity contribution is 6.30. The average molecular weight is 511 g/mol. The van der Waals surface area contributed by atoms with Crippen LogP contribution in [-0.2, 0) is 22.6 Å². The Kier molecular flexibility index (Phi) is 6.16. The van der Waals surface area contributed by atoms with E-state index in [1.165, 1.54) is 25.1 Å². The van der Waals surface area contributed by atoms with Crippen molar-refractivity contribution in [2.75, 3.05) is 0 Å². The van der Waals surface area contributed by atoms with Crippen LogP contribution in [0.25, 0.3) is 10.9 Å². The van der Waals surface area contributed by atoms with Gasteiger partial charge in [-0.25, -0.2) is 9.18 Å². The topological polar surface area (TPSA) is 96.7 Å². The number of aromatic carboxylic acids is 1. The summed E-state index contributed by atoms with van der Waals surface area (Å²) in [6.07, 6.45) is 3.32. The summed E-state index contributed by atoms with van der Waals surface area (Å²) in [6, 6.07) is 8.61. The van der Waals surface area contributed by atoms with Crippen molar-refractivity contribution in [3.05, 3.63) is 70.1 Å². The lowest BCUT2D eigenvalue weighted by Gasteiger charge is -2.27. The molecule has 0 spiro atoms. The van der Waals surface area contributed by atoms with Crippen LogP contribution in [0.3, 0.4) is 0 Å². The first kappa shape index (κ1) is 24.2. The lowest BCUT2D eigenvalue weighted by Crippen LogP contribution is -2.44. The SMILES string of the molecule is CC(=O)c1cn(CC(=O)N2[C@@H]3CC3C[C@H]2C(=O)CCc2cccc(Cl)c2F)c2ccc(C(=O)O)cc12. The number of hydrogen-bond donors (Lipinski definition) is 1. The Labute approximate surface area is 211 Å². The summed E-state index contributed by atoms with van der Waals surface area (Å²) in [4.78, 5) is 51.8. The van der Waals surface area contributed by atoms with Crippen molar-refractivity contribution in [3.63, 3.8) is 0 Å². The van der Waals surface area contributed by atoms with Gasteiger partial charge in [-0.05, 0) is 61.9 Å². The number of piperidine rings is 1. The number of benzene rings is 2. The quantitative estimate of drug-likeness (QED) is 0.449. The fourth-order valence-electron chi connectivity index (χ4n) is 5.34. The molecule has 9 heteroatoms. The third kappa shape index (κ3) is 4.30. The maximum absolute atomic E-state index is 14.2. The van der Waals surface area contributed by atoms with Gasteiger partial charge in [-0.1, -0.05) is 23.7 Å². The molecule has 2 aromatic carbocycles. The second-order valence-electron chi connectivity index (χ2n) is 9.56. The summed E-state index contributed by atoms with van der Waals surface area (Å²) in [5.41, 5.74) is 1.33. The van der Waals surface area contributed by atoms with E-state index in [1.54, 1.807) is 33.9 Å². The minimum absolute atomic E-state index is 0.0122. The zero-order valence-electron chi connectivity index (χ0n) is 19.5. The molecule has 2 heterocycles. The molecular weight excluding hydrogens is 487 g/mol. The van der Waals surface area contributed by atoms with Gasteiger partial charge >= 0.3 is 5.97 Å². The predicted molar refractivity (Wildman–Crippen MR) is 131 cm³/mol. The van der Waals surface area contributed by atoms with Crippen LogP contribution in [0.15, 0.2) is 42.6 Å². The monoisotopic (exact) mass is 510 g/mol. The van der Waals surface area contributed by atoms with Crippen LogP contribution >= 0.6 is 11.6 Å². The number of Topliss-reactive ketones (excluding diaryl/α,β-unsaturated/α-hetero) is 2. The molecule has 186 valence electrons. The molecule has 1 aromatic heterocycles. The Morgan fingerprint density at radius 3 is 2.64 bits per heavy atom. The summed E-state index contributed by atoms with van der Waals surface area (Å²) in [5.74, 6) is -1.92. The first-order valence-electron chi connectivity index (χ1n) is 11.8. The number of fused-ring (bicyclic) bond motifs is 2. The van der Waals surface area contributed by atoms with Crippen LogP contribution < -0.4 is 0 Å². The van der Waals surface area contributed by atoms with E-state index in [1.807, 2.05) is 0 Å². The zero-order valence-corrected chi connectivity index (χ0v) is 20.3. The Morgan fingerprint density at radius 2 is 1.92 bits per heavy atom. The standard InChI is InChI=1S/C27H24ClFN2O5/c1-14(32)19-12-30(21-7-5-16(27(35)36)9-18(19)21)13-25(34)31-22-10-17(22)11-23(31)24(33)8-6-15-3-2-4-20(28)26(15)29/h2-5,7,9,12,17,22-23H,6,8,10-11,13H2,1H3,(H,35,36)/t17?,22-,23+/m1/s1. The molecule has 0 bridgehead atoms. The fourth-order valence-corrected chi connectivity index (χ4v) is 5.53. The molecule has 1 aliphatic heterocycles. The molecule has 36 heavy (non-hydrogen) atoms. The Balaban J connectivity index is 1.35. The van der Waals surface area contributed by atoms with Crippen molar-refractivity contribution >= 4 is 45.9 Å². The van der Waals surface area contributed by atoms with Gasteiger partial charge in [0.1, 0.15) is 12.4 Å². The van der Waals surface area contributed by atoms with E-state index in [2.05, 4.69) is 0 Å². The number of halogens is 2. The number of aryl methyl sites for hydroxylation is 1. The van der Waals surface area contributed by atoms with Crippen LogP contribution in [0.5, 0.6) is 0 Å². The Bertz CT molecular complexity index is 1430. The number of ketones is 2. The van der Waals surface area contributed by atoms with Crippen LogP contribution in [0.4, 0.5) is 4.39 Å². The van der Waals surface area contributed by atoms with Crippen molar-refractivity contribution in [1.82, 2.24) is 9.47 Å². The lowest BCUT2D eigenvalue weighted by molar-refractivity contribution is -0.139. The second kappa shape index (κ2) is 9.17. The molecular formula is C27H24ClFN2O5. The number of carboxylic acids is 1. The van der Waals surface area contributed by atoms with Gasteiger partial charge in [0.05, 0.1) is 16.6 Å². The molecule has 3 atom stereocenters. The number of carboxylic acid groups (broad SMARTS) is 1. The number of hydrogen-bond acceptors (Lipinski definition) is 4. The van der Waals surface area contributed by atoms with Gasteiger partial charge < -0.3 is 14.6 Å². The molecule has 2 fully saturated rings. The first-order valence-corrected chi connectivity index (χ1v) is 12.2. The van der Waals surface area contributed by atoms with Crippen molar-refractivity contribution in [3.8, 4) is 0 Å². The summed E-state index contributed by atoms with van der Waals surface area (Å²) >= 11 is 5.84. The Hall–Kier alpha value is -3.52. The van der Waals surface area contributed by atoms with E-state index in [-0.39, 0.29) is 59.4 Å². The molecule has 2 aliphatic rings. The highest BCUT2D eigenvalue weighted by atomic mass is 35.5. The molecule has 1 saturated carbocycles. The lowest BCUT2D eigenvalue weighted by atomic mass is 10.00. The maximum Gasteiger partial charge on any atom is 0.335 e. The van der Waals surface area contributed by atoms with E-state index < -0.39 is 17.8 Å². The van der Waals surface area contributed by atoms with Gasteiger partial charge in [0.25, 0.3) is 0 Å². The van der Waals surface area contributed by atoms with Crippen LogP contribution in [0, 0.1) is 11.7 Å². The third-order valence-electron chi connectivity index (χ3n) is 7.25. The van der Waals surface area contributed by atoms with Gasteiger partial charge in [0, 0.05) is 35.1 Å². The van der Waals surface area contributed by atoms with Gasteiger partial charge in [0.15, 0.2) is 11.6 Å². The van der Waals surface area contributed by atoms with E-state index in [9.17, 15) is 28.7 Å². The van der Waals surface area contributed by atoms with Crippen molar-refractivity contribution < 1.29 is 28.7 Å². The van der Waals surface area contributed by atoms with E-state index in [4.69, 9.17) is 11.6 Å². The van der Waals surface area contributed by atoms with Crippen molar-refractivity contribution in [2.45, 2.75) is 51.2 Å². The van der Waals surface area contributed by atoms with Gasteiger partial charge in [-0.15, -0.1) is 0 Å². The normalized spacial score (nSPS) is 20.4. The molecule has 1 amide bonds. The highest BCUT2D eigenvalue weighted by Crippen LogP contribution is 2.48. The van der Waals surface area contributed by atoms with Gasteiger partial charge in [0.2, 0.25) is 5.91 Å². The summed E-state index contributed by atoms with van der Waals surface area (Å²) in [7, 11) is 0. The number of aromatic nitrogens is 1. The number of carbonyl (C=O) groups excluding carboxylic acids is 3. The third-order valence-corrected chi connectivity index (χ3v) is 7.54. The molecule has 1 unspecified atom stereocenters. The molecule has 7 nitrogen and oxygen atoms in total. The molecule has 1 aliphatic carbocycles. The van der Waals surface area contributed by atoms with Crippen LogP contribution in [-0.4, -0.2) is 50.1 Å². The van der Waals surface area contributed by atoms with Crippen LogP contribution in [0.1, 0.15) is 52.5 Å². The maximum atomic E-state index is 14.2. The summed E-state index contributed by atoms with van der Waals surface area (Å²) in [5, 5.41) is 9.80. The fraction of sp³-hybridized carbons (Fsp3) is 0.333. The average Bonchev–Trinajstić information content (AvgIpc) is 3.35. The van der Waals surface area contributed by atoms with E-state index in [0.717, 1.165) is 6.42 Å². The molecule has 1 saturated heterocycles. The number of amides is 1. The molecule has 1 N–H and O–H groups in total. The summed E-state index contributed by atoms with van der Waals surface area (Å²) in [6.45, 7) is 1.31. The smallest absolute Gasteiger partial charge is 0.335 e. The minimum Gasteiger partial charge on any atom is -0.478 e. The predicted octanol–water partition coefficient (Wildman–Crippen LogP) is 4.53. The first-order chi connectivity index (χ1) is 17.2. The van der Waals surface area contributed by atoms with E-state index >= 15 is 0 Å². The Morgan fingerprint density at radius 1 is 1.14 bits per heavy atom. The zero-order chi connectivity index (χ0) is 25.7. The highest BCUT2D eigenvalue weighted by Gasteiger charge is 2.55. The number of rotatable bonds is 8. The minimum atomic E-state index is -1.11. The largest absolute Gasteiger partial charge is 0.478 e. The van der Waals surface area contributed by atoms with Crippen molar-refractivity contribution in [2.24, 2.45) is 5.92 Å². The summed E-state index contributed by atoms with van der Waals surface area (Å²) < 4.78 is 15.9. The second-order valence-corrected chi connectivity index (χ2v) is 9.97. The van der Waals surface area contributed by atoms with Crippen LogP contribution in [0.2, 0.25) is 5.02 Å². The molecule has 3 aromatic rings. The number of carbonyl (C=O) groups is 4. The van der Waals surface area contributed by atoms with E-state index in [0.29, 0.717) is 28.5 Å². The van der Waals surface area contributed by atoms with Gasteiger partial charge in [-0.2, -0.15) is 0 Å². The van der Waals surface area contributed by atoms with Crippen molar-refractivity contribution in [1.29, 1.82) is 0 Å². The number of likely N-dealkylation sites (tertiary alicyclic amines) is 1. The van der Waals surface area contributed by atoms with Gasteiger partial charge in [-0.3, -0.25) is 14.4 Å². The number of nitrogens with zero attached hydrogens (tertiary/aromatic N) is 2. The molecule has 5 rings (SSSR count).